The molecule has 0 radical (unpaired) electrons. The fraction of sp³-hybridized carbons (Fsp3) is 1.00. The third-order valence-corrected chi connectivity index (χ3v) is 4.03. The topological polar surface area (TPSA) is 35.5 Å². The molecule has 3 nitrogen and oxygen atoms in total. The van der Waals surface area contributed by atoms with Gasteiger partial charge in [-0.05, 0) is 65.0 Å². The molecule has 0 aromatic rings. The smallest absolute Gasteiger partial charge is 0.0603 e. The summed E-state index contributed by atoms with van der Waals surface area (Å²) in [5.41, 5.74) is -0.513. The van der Waals surface area contributed by atoms with Gasteiger partial charge < -0.3 is 15.3 Å². The predicted octanol–water partition coefficient (Wildman–Crippen LogP) is 1.61. The highest BCUT2D eigenvalue weighted by atomic mass is 16.3. The molecule has 2 rings (SSSR count). The molecule has 0 atom stereocenters. The van der Waals surface area contributed by atoms with Crippen molar-refractivity contribution in [3.63, 3.8) is 0 Å². The zero-order chi connectivity index (χ0) is 12.3. The first-order chi connectivity index (χ1) is 8.04. The van der Waals surface area contributed by atoms with Gasteiger partial charge in [-0.2, -0.15) is 0 Å². The lowest BCUT2D eigenvalue weighted by atomic mass is 9.97. The van der Waals surface area contributed by atoms with E-state index in [2.05, 4.69) is 10.2 Å². The first kappa shape index (κ1) is 13.3. The average molecular weight is 240 g/mol. The summed E-state index contributed by atoms with van der Waals surface area (Å²) < 4.78 is 0. The van der Waals surface area contributed by atoms with Crippen molar-refractivity contribution in [1.29, 1.82) is 0 Å². The zero-order valence-corrected chi connectivity index (χ0v) is 11.4. The Hall–Kier alpha value is -0.120. The van der Waals surface area contributed by atoms with E-state index >= 15 is 0 Å². The number of hydrogen-bond acceptors (Lipinski definition) is 3. The van der Waals surface area contributed by atoms with Crippen LogP contribution in [0, 0.1) is 5.92 Å². The van der Waals surface area contributed by atoms with Crippen LogP contribution in [0.3, 0.4) is 0 Å². The van der Waals surface area contributed by atoms with Crippen LogP contribution >= 0.6 is 0 Å². The van der Waals surface area contributed by atoms with E-state index < -0.39 is 5.60 Å². The standard InChI is InChI=1S/C14H28N2O/c1-14(2,17)7-10-16(13-3-4-13)11-12-5-8-15-9-6-12/h12-13,15,17H,3-11H2,1-2H3. The molecule has 17 heavy (non-hydrogen) atoms. The van der Waals surface area contributed by atoms with Gasteiger partial charge in [-0.15, -0.1) is 0 Å². The molecule has 2 aliphatic rings. The first-order valence-corrected chi connectivity index (χ1v) is 7.22. The van der Waals surface area contributed by atoms with E-state index in [0.29, 0.717) is 0 Å². The van der Waals surface area contributed by atoms with Gasteiger partial charge in [0.25, 0.3) is 0 Å². The Labute approximate surface area is 106 Å². The Kier molecular flexibility index (Phi) is 4.45. The maximum atomic E-state index is 9.84. The maximum Gasteiger partial charge on any atom is 0.0603 e. The Bertz CT molecular complexity index is 227. The molecule has 0 amide bonds. The molecule has 2 fully saturated rings. The number of piperidine rings is 1. The van der Waals surface area contributed by atoms with Gasteiger partial charge in [0.05, 0.1) is 5.60 Å². The summed E-state index contributed by atoms with van der Waals surface area (Å²) in [4.78, 5) is 2.63. The normalized spacial score (nSPS) is 23.3. The highest BCUT2D eigenvalue weighted by Gasteiger charge is 2.31. The number of aliphatic hydroxyl groups is 1. The van der Waals surface area contributed by atoms with Crippen LogP contribution in [-0.4, -0.2) is 47.8 Å². The van der Waals surface area contributed by atoms with Crippen LogP contribution < -0.4 is 5.32 Å². The van der Waals surface area contributed by atoms with Crippen molar-refractivity contribution >= 4 is 0 Å². The van der Waals surface area contributed by atoms with Gasteiger partial charge in [0, 0.05) is 19.1 Å². The quantitative estimate of drug-likeness (QED) is 0.740. The third kappa shape index (κ3) is 4.94. The maximum absolute atomic E-state index is 9.84. The van der Waals surface area contributed by atoms with Crippen molar-refractivity contribution in [2.75, 3.05) is 26.2 Å². The van der Waals surface area contributed by atoms with Crippen LogP contribution in [-0.2, 0) is 0 Å². The molecule has 0 bridgehead atoms. The summed E-state index contributed by atoms with van der Waals surface area (Å²) in [5, 5.41) is 13.3. The molecular weight excluding hydrogens is 212 g/mol. The Balaban J connectivity index is 1.76. The van der Waals surface area contributed by atoms with Crippen LogP contribution in [0.15, 0.2) is 0 Å². The second-order valence-corrected chi connectivity index (χ2v) is 6.48. The number of rotatable bonds is 6. The number of nitrogens with zero attached hydrogens (tertiary/aromatic N) is 1. The van der Waals surface area contributed by atoms with Gasteiger partial charge in [0.1, 0.15) is 0 Å². The summed E-state index contributed by atoms with van der Waals surface area (Å²) in [6, 6.07) is 0.826. The van der Waals surface area contributed by atoms with E-state index in [1.807, 2.05) is 13.8 Å². The third-order valence-electron chi connectivity index (χ3n) is 4.03. The van der Waals surface area contributed by atoms with E-state index in [4.69, 9.17) is 0 Å². The number of hydrogen-bond donors (Lipinski definition) is 2. The molecule has 0 aromatic carbocycles. The fourth-order valence-electron chi connectivity index (χ4n) is 2.68. The summed E-state index contributed by atoms with van der Waals surface area (Å²) in [7, 11) is 0. The van der Waals surface area contributed by atoms with E-state index in [-0.39, 0.29) is 0 Å². The van der Waals surface area contributed by atoms with Crippen LogP contribution in [0.4, 0.5) is 0 Å². The minimum atomic E-state index is -0.513. The van der Waals surface area contributed by atoms with Crippen molar-refractivity contribution in [1.82, 2.24) is 10.2 Å². The highest BCUT2D eigenvalue weighted by Crippen LogP contribution is 2.29. The minimum absolute atomic E-state index is 0.513. The highest BCUT2D eigenvalue weighted by molar-refractivity contribution is 4.87. The van der Waals surface area contributed by atoms with Crippen molar-refractivity contribution in [3.8, 4) is 0 Å². The second kappa shape index (κ2) is 5.68. The summed E-state index contributed by atoms with van der Waals surface area (Å²) in [6.45, 7) is 8.54. The van der Waals surface area contributed by atoms with Crippen LogP contribution in [0.2, 0.25) is 0 Å². The van der Waals surface area contributed by atoms with Crippen molar-refractivity contribution in [3.05, 3.63) is 0 Å². The van der Waals surface area contributed by atoms with Gasteiger partial charge in [-0.25, -0.2) is 0 Å². The van der Waals surface area contributed by atoms with Crippen LogP contribution in [0.1, 0.15) is 46.0 Å². The van der Waals surface area contributed by atoms with Crippen molar-refractivity contribution in [2.45, 2.75) is 57.6 Å². The molecule has 1 heterocycles. The molecule has 1 saturated carbocycles. The van der Waals surface area contributed by atoms with Crippen molar-refractivity contribution in [2.24, 2.45) is 5.92 Å². The van der Waals surface area contributed by atoms with E-state index in [1.165, 1.54) is 45.3 Å². The molecule has 1 saturated heterocycles. The largest absolute Gasteiger partial charge is 0.390 e. The predicted molar refractivity (Wildman–Crippen MR) is 71.1 cm³/mol. The van der Waals surface area contributed by atoms with Crippen LogP contribution in [0.5, 0.6) is 0 Å². The first-order valence-electron chi connectivity index (χ1n) is 7.22. The zero-order valence-electron chi connectivity index (χ0n) is 11.4. The average Bonchev–Trinajstić information content (AvgIpc) is 3.08. The van der Waals surface area contributed by atoms with Gasteiger partial charge in [0.2, 0.25) is 0 Å². The molecule has 1 aliphatic carbocycles. The molecule has 100 valence electrons. The monoisotopic (exact) mass is 240 g/mol. The molecule has 1 aliphatic heterocycles. The van der Waals surface area contributed by atoms with Gasteiger partial charge in [-0.3, -0.25) is 0 Å². The molecule has 0 aromatic heterocycles. The Morgan fingerprint density at radius 3 is 2.35 bits per heavy atom. The van der Waals surface area contributed by atoms with Gasteiger partial charge in [-0.1, -0.05) is 0 Å². The second-order valence-electron chi connectivity index (χ2n) is 6.48. The van der Waals surface area contributed by atoms with E-state index in [9.17, 15) is 5.11 Å². The Morgan fingerprint density at radius 1 is 1.18 bits per heavy atom. The summed E-state index contributed by atoms with van der Waals surface area (Å²) in [5.74, 6) is 0.874. The fourth-order valence-corrected chi connectivity index (χ4v) is 2.68. The van der Waals surface area contributed by atoms with Crippen molar-refractivity contribution < 1.29 is 5.11 Å². The molecule has 2 N–H and O–H groups in total. The molecule has 0 spiro atoms. The lowest BCUT2D eigenvalue weighted by molar-refractivity contribution is 0.0530. The SMILES string of the molecule is CC(C)(O)CCN(CC1CCNCC1)C1CC1. The minimum Gasteiger partial charge on any atom is -0.390 e. The molecule has 0 unspecified atom stereocenters. The lowest BCUT2D eigenvalue weighted by Crippen LogP contribution is -2.39. The summed E-state index contributed by atoms with van der Waals surface area (Å²) >= 11 is 0. The number of nitrogens with one attached hydrogen (secondary N) is 1. The van der Waals surface area contributed by atoms with Gasteiger partial charge >= 0.3 is 0 Å². The van der Waals surface area contributed by atoms with E-state index in [1.54, 1.807) is 0 Å². The Morgan fingerprint density at radius 2 is 1.82 bits per heavy atom. The van der Waals surface area contributed by atoms with Crippen LogP contribution in [0.25, 0.3) is 0 Å². The lowest BCUT2D eigenvalue weighted by Gasteiger charge is -2.31. The van der Waals surface area contributed by atoms with Gasteiger partial charge in [0.15, 0.2) is 0 Å². The molecule has 3 heteroatoms. The summed E-state index contributed by atoms with van der Waals surface area (Å²) in [6.07, 6.45) is 6.29. The molecular formula is C14H28N2O. The van der Waals surface area contributed by atoms with E-state index in [0.717, 1.165) is 24.9 Å².